The van der Waals surface area contributed by atoms with Crippen molar-refractivity contribution >= 4 is 5.78 Å². The summed E-state index contributed by atoms with van der Waals surface area (Å²) in [5, 5.41) is 0. The number of carbonyl (C=O) groups excluding carboxylic acids is 1. The first-order valence-electron chi connectivity index (χ1n) is 6.22. The summed E-state index contributed by atoms with van der Waals surface area (Å²) in [6.07, 6.45) is 2.81. The molecule has 0 aromatic rings. The van der Waals surface area contributed by atoms with Gasteiger partial charge in [0.2, 0.25) is 0 Å². The first-order chi connectivity index (χ1) is 7.50. The summed E-state index contributed by atoms with van der Waals surface area (Å²) in [7, 11) is 1.75. The van der Waals surface area contributed by atoms with Crippen molar-refractivity contribution in [3.63, 3.8) is 0 Å². The summed E-state index contributed by atoms with van der Waals surface area (Å²) in [5.41, 5.74) is 2.80. The van der Waals surface area contributed by atoms with Crippen LogP contribution in [0.2, 0.25) is 0 Å². The van der Waals surface area contributed by atoms with Gasteiger partial charge in [-0.25, -0.2) is 0 Å². The van der Waals surface area contributed by atoms with Crippen molar-refractivity contribution in [1.82, 2.24) is 0 Å². The van der Waals surface area contributed by atoms with E-state index >= 15 is 0 Å². The number of carbonyl (C=O) groups is 1. The van der Waals surface area contributed by atoms with Gasteiger partial charge in [0.15, 0.2) is 5.78 Å². The maximum Gasteiger partial charge on any atom is 0.159 e. The average Bonchev–Trinajstić information content (AvgIpc) is 2.57. The zero-order valence-electron chi connectivity index (χ0n) is 10.8. The molecule has 2 rings (SSSR count). The van der Waals surface area contributed by atoms with Crippen molar-refractivity contribution in [1.29, 1.82) is 0 Å². The summed E-state index contributed by atoms with van der Waals surface area (Å²) in [5.74, 6) is 1.53. The Bertz CT molecular complexity index is 339. The van der Waals surface area contributed by atoms with Crippen molar-refractivity contribution in [3.05, 3.63) is 11.1 Å². The number of hydrogen-bond acceptors (Lipinski definition) is 2. The minimum atomic E-state index is 0.301. The monoisotopic (exact) mass is 222 g/mol. The smallest absolute Gasteiger partial charge is 0.159 e. The predicted octanol–water partition coefficient (Wildman–Crippen LogP) is 2.97. The quantitative estimate of drug-likeness (QED) is 0.731. The molecule has 0 aliphatic heterocycles. The van der Waals surface area contributed by atoms with Gasteiger partial charge in [-0.2, -0.15) is 0 Å². The lowest BCUT2D eigenvalue weighted by Crippen LogP contribution is -2.03. The van der Waals surface area contributed by atoms with Crippen LogP contribution in [-0.4, -0.2) is 19.5 Å². The van der Waals surface area contributed by atoms with Gasteiger partial charge in [-0.15, -0.1) is 0 Å². The molecule has 1 fully saturated rings. The highest BCUT2D eigenvalue weighted by molar-refractivity contribution is 5.99. The van der Waals surface area contributed by atoms with Crippen LogP contribution in [0.4, 0.5) is 0 Å². The fourth-order valence-corrected chi connectivity index (χ4v) is 3.35. The Morgan fingerprint density at radius 2 is 2.06 bits per heavy atom. The maximum atomic E-state index is 11.9. The molecule has 16 heavy (non-hydrogen) atoms. The van der Waals surface area contributed by atoms with Crippen LogP contribution in [0.15, 0.2) is 11.1 Å². The molecule has 2 atom stereocenters. The van der Waals surface area contributed by atoms with E-state index in [-0.39, 0.29) is 0 Å². The van der Waals surface area contributed by atoms with E-state index in [2.05, 4.69) is 20.8 Å². The molecule has 0 spiro atoms. The Morgan fingerprint density at radius 3 is 2.56 bits per heavy atom. The number of ketones is 1. The van der Waals surface area contributed by atoms with Crippen LogP contribution in [0.1, 0.15) is 40.0 Å². The third-order valence-electron chi connectivity index (χ3n) is 4.48. The highest BCUT2D eigenvalue weighted by Crippen LogP contribution is 2.64. The van der Waals surface area contributed by atoms with Gasteiger partial charge in [0.05, 0.1) is 0 Å². The molecule has 2 aliphatic rings. The molecule has 0 amide bonds. The van der Waals surface area contributed by atoms with Gasteiger partial charge < -0.3 is 4.74 Å². The van der Waals surface area contributed by atoms with E-state index in [1.807, 2.05) is 0 Å². The zero-order valence-corrected chi connectivity index (χ0v) is 10.8. The molecule has 0 N–H and O–H groups in total. The Labute approximate surface area is 98.1 Å². The topological polar surface area (TPSA) is 26.3 Å². The first-order valence-corrected chi connectivity index (χ1v) is 6.22. The Hall–Kier alpha value is -0.630. The van der Waals surface area contributed by atoms with Gasteiger partial charge in [0, 0.05) is 20.1 Å². The largest absolute Gasteiger partial charge is 0.385 e. The molecule has 2 unspecified atom stereocenters. The van der Waals surface area contributed by atoms with E-state index in [4.69, 9.17) is 4.74 Å². The van der Waals surface area contributed by atoms with Gasteiger partial charge in [0.1, 0.15) is 0 Å². The maximum absolute atomic E-state index is 11.9. The fraction of sp³-hybridized carbons (Fsp3) is 0.786. The molecular formula is C14H22O2. The van der Waals surface area contributed by atoms with E-state index in [0.717, 1.165) is 31.4 Å². The van der Waals surface area contributed by atoms with Crippen molar-refractivity contribution in [2.45, 2.75) is 40.0 Å². The molecule has 1 saturated carbocycles. The summed E-state index contributed by atoms with van der Waals surface area (Å²) >= 11 is 0. The predicted molar refractivity (Wildman–Crippen MR) is 64.2 cm³/mol. The molecular weight excluding hydrogens is 200 g/mol. The molecule has 0 aromatic heterocycles. The number of methoxy groups -OCH3 is 1. The van der Waals surface area contributed by atoms with Crippen LogP contribution in [0.25, 0.3) is 0 Å². The first kappa shape index (κ1) is 11.8. The normalized spacial score (nSPS) is 32.4. The molecule has 2 nitrogen and oxygen atoms in total. The Morgan fingerprint density at radius 1 is 1.38 bits per heavy atom. The third kappa shape index (κ3) is 1.73. The Kier molecular flexibility index (Phi) is 2.95. The van der Waals surface area contributed by atoms with Gasteiger partial charge in [-0.05, 0) is 42.6 Å². The highest BCUT2D eigenvalue weighted by Gasteiger charge is 2.60. The SMILES string of the molecule is COCCC1C(C2=C(C)CCC2=O)C1(C)C. The van der Waals surface area contributed by atoms with Crippen molar-refractivity contribution < 1.29 is 9.53 Å². The van der Waals surface area contributed by atoms with Crippen LogP contribution in [0, 0.1) is 17.3 Å². The lowest BCUT2D eigenvalue weighted by Gasteiger charge is -2.04. The number of rotatable bonds is 4. The van der Waals surface area contributed by atoms with Crippen LogP contribution in [0.3, 0.4) is 0 Å². The molecule has 0 aromatic carbocycles. The molecule has 0 saturated heterocycles. The van der Waals surface area contributed by atoms with E-state index in [0.29, 0.717) is 23.0 Å². The number of Topliss-reactive ketones (excluding diaryl/α,β-unsaturated/α-hetero) is 1. The second kappa shape index (κ2) is 3.99. The average molecular weight is 222 g/mol. The molecule has 0 heterocycles. The second-order valence-electron chi connectivity index (χ2n) is 5.80. The Balaban J connectivity index is 2.12. The molecule has 90 valence electrons. The van der Waals surface area contributed by atoms with Crippen LogP contribution in [0.5, 0.6) is 0 Å². The molecule has 0 radical (unpaired) electrons. The van der Waals surface area contributed by atoms with E-state index in [1.54, 1.807) is 7.11 Å². The summed E-state index contributed by atoms with van der Waals surface area (Å²) in [6, 6.07) is 0. The third-order valence-corrected chi connectivity index (χ3v) is 4.48. The van der Waals surface area contributed by atoms with Crippen molar-refractivity contribution in [2.75, 3.05) is 13.7 Å². The van der Waals surface area contributed by atoms with Crippen molar-refractivity contribution in [3.8, 4) is 0 Å². The molecule has 2 aliphatic carbocycles. The van der Waals surface area contributed by atoms with Gasteiger partial charge in [0.25, 0.3) is 0 Å². The lowest BCUT2D eigenvalue weighted by atomic mass is 10.00. The summed E-state index contributed by atoms with van der Waals surface area (Å²) in [4.78, 5) is 11.9. The van der Waals surface area contributed by atoms with Crippen LogP contribution < -0.4 is 0 Å². The number of hydrogen-bond donors (Lipinski definition) is 0. The zero-order chi connectivity index (χ0) is 11.9. The van der Waals surface area contributed by atoms with E-state index in [1.165, 1.54) is 5.57 Å². The number of ether oxygens (including phenoxy) is 1. The molecule has 0 bridgehead atoms. The number of allylic oxidation sites excluding steroid dienone is 2. The van der Waals surface area contributed by atoms with Gasteiger partial charge in [-0.3, -0.25) is 4.79 Å². The minimum absolute atomic E-state index is 0.301. The summed E-state index contributed by atoms with van der Waals surface area (Å²) in [6.45, 7) is 7.50. The van der Waals surface area contributed by atoms with E-state index < -0.39 is 0 Å². The van der Waals surface area contributed by atoms with Crippen molar-refractivity contribution in [2.24, 2.45) is 17.3 Å². The van der Waals surface area contributed by atoms with Crippen LogP contribution >= 0.6 is 0 Å². The highest BCUT2D eigenvalue weighted by atomic mass is 16.5. The lowest BCUT2D eigenvalue weighted by molar-refractivity contribution is -0.115. The second-order valence-corrected chi connectivity index (χ2v) is 5.80. The minimum Gasteiger partial charge on any atom is -0.385 e. The van der Waals surface area contributed by atoms with Crippen LogP contribution in [-0.2, 0) is 9.53 Å². The van der Waals surface area contributed by atoms with E-state index in [9.17, 15) is 4.79 Å². The standard InChI is InChI=1S/C14H22O2/c1-9-5-6-11(15)12(9)13-10(7-8-16-4)14(13,2)3/h10,13H,5-8H2,1-4H3. The molecule has 2 heteroatoms. The van der Waals surface area contributed by atoms with Gasteiger partial charge in [-0.1, -0.05) is 19.4 Å². The fourth-order valence-electron chi connectivity index (χ4n) is 3.35. The van der Waals surface area contributed by atoms with Gasteiger partial charge >= 0.3 is 0 Å². The summed E-state index contributed by atoms with van der Waals surface area (Å²) < 4.78 is 5.15.